The summed E-state index contributed by atoms with van der Waals surface area (Å²) in [6.07, 6.45) is -5.20. The molecular weight excluding hydrogens is 192 g/mol. The van der Waals surface area contributed by atoms with E-state index in [4.69, 9.17) is 20.4 Å². The Hall–Kier alpha value is -0.950. The van der Waals surface area contributed by atoms with Gasteiger partial charge in [-0.25, -0.2) is 4.79 Å². The van der Waals surface area contributed by atoms with Crippen molar-refractivity contribution in [2.75, 3.05) is 6.61 Å². The Morgan fingerprint density at radius 1 is 1.43 bits per heavy atom. The van der Waals surface area contributed by atoms with E-state index in [9.17, 15) is 4.79 Å². The molecule has 0 aromatic heterocycles. The second-order valence-electron chi connectivity index (χ2n) is 2.82. The van der Waals surface area contributed by atoms with E-state index in [-0.39, 0.29) is 5.57 Å². The van der Waals surface area contributed by atoms with Crippen LogP contribution in [0.25, 0.3) is 0 Å². The highest BCUT2D eigenvalue weighted by molar-refractivity contribution is 5.87. The van der Waals surface area contributed by atoms with E-state index in [1.54, 1.807) is 0 Å². The smallest absolute Gasteiger partial charge is 0.335 e. The summed E-state index contributed by atoms with van der Waals surface area (Å²) in [5.74, 6) is -0.887. The van der Waals surface area contributed by atoms with Crippen molar-refractivity contribution in [3.8, 4) is 0 Å². The highest BCUT2D eigenvalue weighted by Gasteiger charge is 2.27. The summed E-state index contributed by atoms with van der Waals surface area (Å²) in [5, 5.41) is 35.4. The number of aliphatic hydroxyl groups is 4. The largest absolute Gasteiger partial charge is 0.430 e. The van der Waals surface area contributed by atoms with E-state index >= 15 is 0 Å². The molecule has 4 N–H and O–H groups in total. The van der Waals surface area contributed by atoms with Crippen molar-refractivity contribution in [2.45, 2.75) is 25.4 Å². The summed E-state index contributed by atoms with van der Waals surface area (Å²) in [6.45, 7) is 3.87. The van der Waals surface area contributed by atoms with Crippen LogP contribution in [-0.4, -0.2) is 51.5 Å². The minimum atomic E-state index is -1.89. The first-order valence-corrected chi connectivity index (χ1v) is 3.91. The van der Waals surface area contributed by atoms with Crippen LogP contribution in [0.3, 0.4) is 0 Å². The molecule has 0 bridgehead atoms. The molecule has 0 aliphatic carbocycles. The number of ether oxygens (including phenoxy) is 1. The Labute approximate surface area is 81.1 Å². The molecule has 0 aliphatic rings. The number of carbonyl (C=O) groups is 1. The normalized spacial score (nSPS) is 16.9. The number of hydrogen-bond donors (Lipinski definition) is 4. The third-order valence-electron chi connectivity index (χ3n) is 1.45. The molecule has 0 spiro atoms. The summed E-state index contributed by atoms with van der Waals surface area (Å²) >= 11 is 0. The molecule has 0 amide bonds. The van der Waals surface area contributed by atoms with Crippen LogP contribution in [-0.2, 0) is 9.53 Å². The molecule has 6 nitrogen and oxygen atoms in total. The fraction of sp³-hybridized carbons (Fsp3) is 0.625. The minimum Gasteiger partial charge on any atom is -0.430 e. The van der Waals surface area contributed by atoms with E-state index < -0.39 is 31.1 Å². The lowest BCUT2D eigenvalue weighted by Crippen LogP contribution is -2.41. The quantitative estimate of drug-likeness (QED) is 0.239. The first-order valence-electron chi connectivity index (χ1n) is 3.91. The Balaban J connectivity index is 4.13. The number of rotatable bonds is 5. The van der Waals surface area contributed by atoms with E-state index in [0.717, 1.165) is 0 Å². The summed E-state index contributed by atoms with van der Waals surface area (Å²) < 4.78 is 4.29. The molecule has 0 saturated carbocycles. The molecule has 14 heavy (non-hydrogen) atoms. The molecule has 0 aromatic rings. The van der Waals surface area contributed by atoms with Gasteiger partial charge in [0.15, 0.2) is 0 Å². The second kappa shape index (κ2) is 5.71. The van der Waals surface area contributed by atoms with Crippen LogP contribution in [0, 0.1) is 0 Å². The van der Waals surface area contributed by atoms with Gasteiger partial charge in [-0.3, -0.25) is 0 Å². The van der Waals surface area contributed by atoms with Gasteiger partial charge in [-0.1, -0.05) is 6.58 Å². The van der Waals surface area contributed by atoms with Gasteiger partial charge >= 0.3 is 5.97 Å². The monoisotopic (exact) mass is 206 g/mol. The molecule has 0 radical (unpaired) electrons. The van der Waals surface area contributed by atoms with Gasteiger partial charge in [-0.2, -0.15) is 0 Å². The van der Waals surface area contributed by atoms with Crippen LogP contribution < -0.4 is 0 Å². The third-order valence-corrected chi connectivity index (χ3v) is 1.45. The van der Waals surface area contributed by atoms with E-state index in [1.807, 2.05) is 0 Å². The van der Waals surface area contributed by atoms with Crippen molar-refractivity contribution in [1.82, 2.24) is 0 Å². The molecule has 3 atom stereocenters. The summed E-state index contributed by atoms with van der Waals surface area (Å²) in [6, 6.07) is 0. The standard InChI is InChI=1S/C8H14O6/c1-4(2)7(12)14-8(13)6(11)5(10)3-9/h5-6,8-11,13H,1,3H2,2H3/t5-,6+,8?/m1/s1. The molecule has 1 unspecified atom stereocenters. The Bertz CT molecular complexity index is 214. The molecule has 6 heteroatoms. The maximum Gasteiger partial charge on any atom is 0.335 e. The third kappa shape index (κ3) is 3.84. The van der Waals surface area contributed by atoms with Crippen molar-refractivity contribution >= 4 is 5.97 Å². The molecule has 82 valence electrons. The Kier molecular flexibility index (Phi) is 5.32. The van der Waals surface area contributed by atoms with Gasteiger partial charge in [0.2, 0.25) is 6.29 Å². The number of carbonyl (C=O) groups excluding carboxylic acids is 1. The van der Waals surface area contributed by atoms with Gasteiger partial charge in [-0.05, 0) is 6.92 Å². The lowest BCUT2D eigenvalue weighted by molar-refractivity contribution is -0.198. The van der Waals surface area contributed by atoms with Crippen molar-refractivity contribution in [3.05, 3.63) is 12.2 Å². The SMILES string of the molecule is C=C(C)C(=O)OC(O)[C@@H](O)[C@H](O)CO. The predicted molar refractivity (Wildman–Crippen MR) is 46.0 cm³/mol. The van der Waals surface area contributed by atoms with E-state index in [2.05, 4.69) is 11.3 Å². The van der Waals surface area contributed by atoms with Gasteiger partial charge in [0.25, 0.3) is 0 Å². The zero-order chi connectivity index (χ0) is 11.3. The number of aliphatic hydroxyl groups excluding tert-OH is 4. The number of esters is 1. The van der Waals surface area contributed by atoms with Gasteiger partial charge in [0.1, 0.15) is 12.2 Å². The van der Waals surface area contributed by atoms with Gasteiger partial charge < -0.3 is 25.2 Å². The van der Waals surface area contributed by atoms with Crippen LogP contribution in [0.1, 0.15) is 6.92 Å². The number of hydrogen-bond acceptors (Lipinski definition) is 6. The highest BCUT2D eigenvalue weighted by Crippen LogP contribution is 2.04. The summed E-state index contributed by atoms with van der Waals surface area (Å²) in [4.78, 5) is 10.8. The van der Waals surface area contributed by atoms with E-state index in [0.29, 0.717) is 0 Å². The van der Waals surface area contributed by atoms with Crippen molar-refractivity contribution in [3.63, 3.8) is 0 Å². The summed E-state index contributed by atoms with van der Waals surface area (Å²) in [5.41, 5.74) is 0.0507. The molecule has 0 fully saturated rings. The fourth-order valence-corrected chi connectivity index (χ4v) is 0.578. The molecule has 0 rings (SSSR count). The average Bonchev–Trinajstić information content (AvgIpc) is 2.14. The Morgan fingerprint density at radius 2 is 1.93 bits per heavy atom. The van der Waals surface area contributed by atoms with Crippen LogP contribution >= 0.6 is 0 Å². The summed E-state index contributed by atoms with van der Waals surface area (Å²) in [7, 11) is 0. The average molecular weight is 206 g/mol. The van der Waals surface area contributed by atoms with Gasteiger partial charge in [-0.15, -0.1) is 0 Å². The second-order valence-corrected chi connectivity index (χ2v) is 2.82. The van der Waals surface area contributed by atoms with Crippen LogP contribution in [0.5, 0.6) is 0 Å². The van der Waals surface area contributed by atoms with Crippen LogP contribution in [0.4, 0.5) is 0 Å². The lowest BCUT2D eigenvalue weighted by atomic mass is 10.2. The van der Waals surface area contributed by atoms with Crippen molar-refractivity contribution in [2.24, 2.45) is 0 Å². The van der Waals surface area contributed by atoms with Gasteiger partial charge in [0, 0.05) is 5.57 Å². The predicted octanol–water partition coefficient (Wildman–Crippen LogP) is -1.86. The maximum absolute atomic E-state index is 10.8. The molecular formula is C8H14O6. The maximum atomic E-state index is 10.8. The molecule has 0 saturated heterocycles. The zero-order valence-corrected chi connectivity index (χ0v) is 7.75. The minimum absolute atomic E-state index is 0.0507. The van der Waals surface area contributed by atoms with Gasteiger partial charge in [0.05, 0.1) is 6.61 Å². The van der Waals surface area contributed by atoms with Crippen molar-refractivity contribution in [1.29, 1.82) is 0 Å². The topological polar surface area (TPSA) is 107 Å². The highest BCUT2D eigenvalue weighted by atomic mass is 16.6. The lowest BCUT2D eigenvalue weighted by Gasteiger charge is -2.21. The van der Waals surface area contributed by atoms with Crippen LogP contribution in [0.15, 0.2) is 12.2 Å². The first-order chi connectivity index (χ1) is 6.40. The zero-order valence-electron chi connectivity index (χ0n) is 7.75. The molecule has 0 aliphatic heterocycles. The van der Waals surface area contributed by atoms with Crippen molar-refractivity contribution < 1.29 is 30.0 Å². The molecule has 0 aromatic carbocycles. The fourth-order valence-electron chi connectivity index (χ4n) is 0.578. The molecule has 0 heterocycles. The van der Waals surface area contributed by atoms with Crippen LogP contribution in [0.2, 0.25) is 0 Å². The first kappa shape index (κ1) is 13.1. The Morgan fingerprint density at radius 3 is 2.29 bits per heavy atom. The van der Waals surface area contributed by atoms with E-state index in [1.165, 1.54) is 6.92 Å².